The molecule has 0 saturated carbocycles. The summed E-state index contributed by atoms with van der Waals surface area (Å²) in [6.07, 6.45) is 4.84. The van der Waals surface area contributed by atoms with Crippen molar-refractivity contribution in [3.05, 3.63) is 0 Å². The van der Waals surface area contributed by atoms with E-state index in [1.54, 1.807) is 0 Å². The van der Waals surface area contributed by atoms with Gasteiger partial charge in [0, 0.05) is 28.3 Å². The zero-order valence-corrected chi connectivity index (χ0v) is 10.2. The summed E-state index contributed by atoms with van der Waals surface area (Å²) < 4.78 is 11.2. The lowest BCUT2D eigenvalue weighted by Crippen LogP contribution is -2.40. The van der Waals surface area contributed by atoms with Crippen molar-refractivity contribution >= 4 is 10.8 Å². The fraction of sp³-hybridized carbons (Fsp3) is 1.00. The molecule has 2 saturated heterocycles. The average Bonchev–Trinajstić information content (AvgIpc) is 2.30. The maximum atomic E-state index is 11.2. The van der Waals surface area contributed by atoms with Crippen molar-refractivity contribution in [2.75, 3.05) is 31.1 Å². The molecule has 2 heterocycles. The Balaban J connectivity index is 1.62. The van der Waals surface area contributed by atoms with Crippen LogP contribution in [-0.2, 0) is 10.8 Å². The Hall–Kier alpha value is 0.0700. The Morgan fingerprint density at radius 2 is 1.80 bits per heavy atom. The Bertz CT molecular complexity index is 207. The van der Waals surface area contributed by atoms with Crippen LogP contribution in [0.25, 0.3) is 0 Å². The molecule has 0 bridgehead atoms. The molecule has 0 atom stereocenters. The van der Waals surface area contributed by atoms with E-state index >= 15 is 0 Å². The normalized spacial score (nSPS) is 34.1. The highest BCUT2D eigenvalue weighted by Gasteiger charge is 2.19. The standard InChI is InChI=1S/C11H22N2OS/c14-15-7-3-11(4-8-15)13-9-10-1-5-12-6-2-10/h10-13H,1-9H2. The molecule has 0 radical (unpaired) electrons. The Morgan fingerprint density at radius 3 is 2.47 bits per heavy atom. The number of piperidine rings is 1. The van der Waals surface area contributed by atoms with Crippen LogP contribution in [0.4, 0.5) is 0 Å². The third-order valence-corrected chi connectivity index (χ3v) is 4.92. The fourth-order valence-corrected chi connectivity index (χ4v) is 3.72. The van der Waals surface area contributed by atoms with Crippen LogP contribution in [0.3, 0.4) is 0 Å². The van der Waals surface area contributed by atoms with Crippen molar-refractivity contribution in [1.82, 2.24) is 10.6 Å². The predicted octanol–water partition coefficient (Wildman–Crippen LogP) is 0.487. The first-order chi connectivity index (χ1) is 7.34. The number of nitrogens with one attached hydrogen (secondary N) is 2. The molecule has 2 aliphatic rings. The highest BCUT2D eigenvalue weighted by atomic mass is 32.2. The molecule has 4 heteroatoms. The largest absolute Gasteiger partial charge is 0.317 e. The molecule has 2 rings (SSSR count). The number of hydrogen-bond acceptors (Lipinski definition) is 3. The smallest absolute Gasteiger partial charge is 0.0249 e. The van der Waals surface area contributed by atoms with Crippen molar-refractivity contribution in [3.8, 4) is 0 Å². The van der Waals surface area contributed by atoms with Crippen LogP contribution >= 0.6 is 0 Å². The molecule has 0 aromatic heterocycles. The summed E-state index contributed by atoms with van der Waals surface area (Å²) in [5, 5.41) is 7.04. The topological polar surface area (TPSA) is 41.1 Å². The zero-order valence-electron chi connectivity index (χ0n) is 9.34. The first-order valence-corrected chi connectivity index (χ1v) is 7.62. The fourth-order valence-electron chi connectivity index (χ4n) is 2.42. The lowest BCUT2D eigenvalue weighted by Gasteiger charge is -2.27. The van der Waals surface area contributed by atoms with Gasteiger partial charge < -0.3 is 10.6 Å². The molecule has 0 aromatic carbocycles. The molecule has 2 N–H and O–H groups in total. The van der Waals surface area contributed by atoms with Crippen LogP contribution in [0.15, 0.2) is 0 Å². The SMILES string of the molecule is O=S1CCC(NCC2CCNCC2)CC1. The van der Waals surface area contributed by atoms with Gasteiger partial charge in [-0.05, 0) is 51.2 Å². The van der Waals surface area contributed by atoms with E-state index in [1.807, 2.05) is 0 Å². The molecule has 88 valence electrons. The quantitative estimate of drug-likeness (QED) is 0.741. The van der Waals surface area contributed by atoms with Crippen LogP contribution in [0.2, 0.25) is 0 Å². The molecule has 3 nitrogen and oxygen atoms in total. The van der Waals surface area contributed by atoms with Gasteiger partial charge in [-0.1, -0.05) is 0 Å². The van der Waals surface area contributed by atoms with Gasteiger partial charge in [0.05, 0.1) is 0 Å². The monoisotopic (exact) mass is 230 g/mol. The lowest BCUT2D eigenvalue weighted by molar-refractivity contribution is 0.333. The minimum Gasteiger partial charge on any atom is -0.317 e. The van der Waals surface area contributed by atoms with E-state index in [0.717, 1.165) is 30.3 Å². The van der Waals surface area contributed by atoms with E-state index in [4.69, 9.17) is 0 Å². The van der Waals surface area contributed by atoms with E-state index in [2.05, 4.69) is 10.6 Å². The minimum absolute atomic E-state index is 0.519. The van der Waals surface area contributed by atoms with Gasteiger partial charge in [0.1, 0.15) is 0 Å². The number of hydrogen-bond donors (Lipinski definition) is 2. The van der Waals surface area contributed by atoms with Crippen molar-refractivity contribution in [3.63, 3.8) is 0 Å². The second-order valence-electron chi connectivity index (χ2n) is 4.72. The van der Waals surface area contributed by atoms with Gasteiger partial charge in [0.2, 0.25) is 0 Å². The number of rotatable bonds is 3. The van der Waals surface area contributed by atoms with E-state index in [1.165, 1.54) is 32.5 Å². The molecule has 0 unspecified atom stereocenters. The van der Waals surface area contributed by atoms with Gasteiger partial charge in [-0.15, -0.1) is 0 Å². The minimum atomic E-state index is -0.519. The maximum absolute atomic E-state index is 11.2. The third-order valence-electron chi connectivity index (χ3n) is 3.54. The first-order valence-electron chi connectivity index (χ1n) is 6.13. The van der Waals surface area contributed by atoms with Gasteiger partial charge in [0.15, 0.2) is 0 Å². The third kappa shape index (κ3) is 3.85. The molecule has 15 heavy (non-hydrogen) atoms. The van der Waals surface area contributed by atoms with E-state index in [9.17, 15) is 4.21 Å². The second kappa shape index (κ2) is 5.97. The maximum Gasteiger partial charge on any atom is 0.0249 e. The van der Waals surface area contributed by atoms with Gasteiger partial charge in [-0.25, -0.2) is 0 Å². The first kappa shape index (κ1) is 11.6. The van der Waals surface area contributed by atoms with Crippen LogP contribution in [0.5, 0.6) is 0 Å². The van der Waals surface area contributed by atoms with Crippen molar-refractivity contribution in [1.29, 1.82) is 0 Å². The Morgan fingerprint density at radius 1 is 1.13 bits per heavy atom. The van der Waals surface area contributed by atoms with E-state index in [0.29, 0.717) is 6.04 Å². The summed E-state index contributed by atoms with van der Waals surface area (Å²) in [5.41, 5.74) is 0. The molecule has 0 aliphatic carbocycles. The Kier molecular flexibility index (Phi) is 4.60. The van der Waals surface area contributed by atoms with Crippen LogP contribution in [-0.4, -0.2) is 41.4 Å². The second-order valence-corrected chi connectivity index (χ2v) is 6.42. The van der Waals surface area contributed by atoms with Gasteiger partial charge >= 0.3 is 0 Å². The summed E-state index contributed by atoms with van der Waals surface area (Å²) in [4.78, 5) is 0. The van der Waals surface area contributed by atoms with E-state index < -0.39 is 10.8 Å². The predicted molar refractivity (Wildman–Crippen MR) is 64.5 cm³/mol. The molecule has 2 fully saturated rings. The molecular weight excluding hydrogens is 208 g/mol. The Labute approximate surface area is 94.9 Å². The van der Waals surface area contributed by atoms with Crippen molar-refractivity contribution in [2.24, 2.45) is 5.92 Å². The van der Waals surface area contributed by atoms with Gasteiger partial charge in [-0.2, -0.15) is 0 Å². The lowest BCUT2D eigenvalue weighted by atomic mass is 9.97. The summed E-state index contributed by atoms with van der Waals surface area (Å²) in [6.45, 7) is 3.53. The van der Waals surface area contributed by atoms with E-state index in [-0.39, 0.29) is 0 Å². The summed E-state index contributed by atoms with van der Waals surface area (Å²) in [7, 11) is -0.519. The van der Waals surface area contributed by atoms with Gasteiger partial charge in [-0.3, -0.25) is 4.21 Å². The molecule has 0 aromatic rings. The van der Waals surface area contributed by atoms with Crippen LogP contribution < -0.4 is 10.6 Å². The highest BCUT2D eigenvalue weighted by Crippen LogP contribution is 2.13. The van der Waals surface area contributed by atoms with Crippen molar-refractivity contribution in [2.45, 2.75) is 31.7 Å². The average molecular weight is 230 g/mol. The molecule has 2 aliphatic heterocycles. The van der Waals surface area contributed by atoms with Crippen LogP contribution in [0, 0.1) is 5.92 Å². The molecule has 0 spiro atoms. The van der Waals surface area contributed by atoms with Crippen molar-refractivity contribution < 1.29 is 4.21 Å². The zero-order chi connectivity index (χ0) is 10.5. The summed E-state index contributed by atoms with van der Waals surface area (Å²) in [5.74, 6) is 2.67. The highest BCUT2D eigenvalue weighted by molar-refractivity contribution is 7.85. The van der Waals surface area contributed by atoms with Gasteiger partial charge in [0.25, 0.3) is 0 Å². The summed E-state index contributed by atoms with van der Waals surface area (Å²) >= 11 is 0. The summed E-state index contributed by atoms with van der Waals surface area (Å²) in [6, 6.07) is 0.637. The van der Waals surface area contributed by atoms with Crippen LogP contribution in [0.1, 0.15) is 25.7 Å². The molecule has 0 amide bonds. The molecular formula is C11H22N2OS.